The number of halogens is 1. The molecule has 1 aromatic carbocycles. The minimum absolute atomic E-state index is 0.0275. The molecule has 0 heterocycles. The molecule has 0 saturated carbocycles. The standard InChI is InChI=1S/C14H22FNO3S/c1-2-20(18,19)9-5-8-14(10-16,11-17)12-6-3-4-7-13(12)15/h3-4,6-7,17H,2,5,8-11,16H2,1H3. The number of rotatable bonds is 8. The van der Waals surface area contributed by atoms with Crippen LogP contribution in [0.25, 0.3) is 0 Å². The van der Waals surface area contributed by atoms with Crippen LogP contribution in [0.15, 0.2) is 24.3 Å². The third kappa shape index (κ3) is 4.01. The van der Waals surface area contributed by atoms with Gasteiger partial charge in [0.1, 0.15) is 15.7 Å². The van der Waals surface area contributed by atoms with Crippen LogP contribution in [-0.4, -0.2) is 38.2 Å². The van der Waals surface area contributed by atoms with Gasteiger partial charge >= 0.3 is 0 Å². The van der Waals surface area contributed by atoms with Crippen LogP contribution in [0.4, 0.5) is 4.39 Å². The van der Waals surface area contributed by atoms with Crippen molar-refractivity contribution in [2.75, 3.05) is 24.7 Å². The molecular weight excluding hydrogens is 281 g/mol. The summed E-state index contributed by atoms with van der Waals surface area (Å²) in [5.41, 5.74) is 5.15. The van der Waals surface area contributed by atoms with Gasteiger partial charge in [-0.05, 0) is 24.5 Å². The molecule has 20 heavy (non-hydrogen) atoms. The summed E-state index contributed by atoms with van der Waals surface area (Å²) in [5.74, 6) is -0.313. The summed E-state index contributed by atoms with van der Waals surface area (Å²) >= 11 is 0. The molecule has 1 aromatic rings. The van der Waals surface area contributed by atoms with E-state index in [1.807, 2.05) is 0 Å². The minimum atomic E-state index is -3.07. The molecule has 0 saturated heterocycles. The van der Waals surface area contributed by atoms with Gasteiger partial charge in [0.05, 0.1) is 12.4 Å². The maximum absolute atomic E-state index is 13.9. The van der Waals surface area contributed by atoms with Crippen molar-refractivity contribution in [3.05, 3.63) is 35.6 Å². The first-order valence-electron chi connectivity index (χ1n) is 6.67. The van der Waals surface area contributed by atoms with Crippen LogP contribution in [0, 0.1) is 5.82 Å². The highest BCUT2D eigenvalue weighted by Crippen LogP contribution is 2.30. The lowest BCUT2D eigenvalue weighted by Gasteiger charge is -2.31. The Morgan fingerprint density at radius 1 is 1.35 bits per heavy atom. The maximum atomic E-state index is 13.9. The predicted octanol–water partition coefficient (Wildman–Crippen LogP) is 1.23. The van der Waals surface area contributed by atoms with Crippen molar-refractivity contribution in [3.8, 4) is 0 Å². The van der Waals surface area contributed by atoms with E-state index in [2.05, 4.69) is 0 Å². The second kappa shape index (κ2) is 7.15. The van der Waals surface area contributed by atoms with Crippen molar-refractivity contribution in [1.82, 2.24) is 0 Å². The van der Waals surface area contributed by atoms with E-state index in [9.17, 15) is 17.9 Å². The molecule has 0 aliphatic rings. The third-order valence-electron chi connectivity index (χ3n) is 3.69. The van der Waals surface area contributed by atoms with Crippen molar-refractivity contribution in [2.45, 2.75) is 25.2 Å². The van der Waals surface area contributed by atoms with Crippen molar-refractivity contribution in [2.24, 2.45) is 5.73 Å². The van der Waals surface area contributed by atoms with Gasteiger partial charge in [-0.1, -0.05) is 25.1 Å². The molecule has 0 aromatic heterocycles. The van der Waals surface area contributed by atoms with Crippen molar-refractivity contribution < 1.29 is 17.9 Å². The zero-order valence-corrected chi connectivity index (χ0v) is 12.5. The van der Waals surface area contributed by atoms with Gasteiger partial charge in [0.2, 0.25) is 0 Å². The summed E-state index contributed by atoms with van der Waals surface area (Å²) in [6.07, 6.45) is 0.683. The normalized spacial score (nSPS) is 15.0. The number of nitrogens with two attached hydrogens (primary N) is 1. The molecule has 1 rings (SSSR count). The van der Waals surface area contributed by atoms with E-state index >= 15 is 0 Å². The average molecular weight is 303 g/mol. The van der Waals surface area contributed by atoms with E-state index in [1.165, 1.54) is 6.07 Å². The predicted molar refractivity (Wildman–Crippen MR) is 77.8 cm³/mol. The first-order valence-corrected chi connectivity index (χ1v) is 8.49. The van der Waals surface area contributed by atoms with Crippen molar-refractivity contribution >= 4 is 9.84 Å². The van der Waals surface area contributed by atoms with Crippen LogP contribution >= 0.6 is 0 Å². The van der Waals surface area contributed by atoms with Crippen LogP contribution in [0.5, 0.6) is 0 Å². The molecule has 0 amide bonds. The van der Waals surface area contributed by atoms with E-state index in [-0.39, 0.29) is 24.7 Å². The Morgan fingerprint density at radius 2 is 2.00 bits per heavy atom. The summed E-state index contributed by atoms with van der Waals surface area (Å²) in [6.45, 7) is 1.35. The number of hydrogen-bond donors (Lipinski definition) is 2. The first kappa shape index (κ1) is 17.1. The molecular formula is C14H22FNO3S. The zero-order valence-electron chi connectivity index (χ0n) is 11.7. The summed E-state index contributed by atoms with van der Waals surface area (Å²) in [7, 11) is -3.07. The fourth-order valence-electron chi connectivity index (χ4n) is 2.24. The molecule has 1 unspecified atom stereocenters. The largest absolute Gasteiger partial charge is 0.395 e. The number of aliphatic hydroxyl groups is 1. The Bertz CT molecular complexity index is 527. The summed E-state index contributed by atoms with van der Waals surface area (Å²) in [6, 6.07) is 6.16. The SMILES string of the molecule is CCS(=O)(=O)CCCC(CN)(CO)c1ccccc1F. The molecule has 0 aliphatic heterocycles. The second-order valence-corrected chi connectivity index (χ2v) is 7.44. The van der Waals surface area contributed by atoms with Gasteiger partial charge in [-0.25, -0.2) is 12.8 Å². The Labute approximate surface area is 119 Å². The highest BCUT2D eigenvalue weighted by atomic mass is 32.2. The van der Waals surface area contributed by atoms with Crippen molar-refractivity contribution in [1.29, 1.82) is 0 Å². The summed E-state index contributed by atoms with van der Waals surface area (Å²) in [5, 5.41) is 9.64. The van der Waals surface area contributed by atoms with E-state index in [1.54, 1.807) is 25.1 Å². The molecule has 6 heteroatoms. The Balaban J connectivity index is 2.91. The van der Waals surface area contributed by atoms with Gasteiger partial charge in [-0.15, -0.1) is 0 Å². The molecule has 4 nitrogen and oxygen atoms in total. The lowest BCUT2D eigenvalue weighted by molar-refractivity contribution is 0.183. The minimum Gasteiger partial charge on any atom is -0.395 e. The number of sulfone groups is 1. The molecule has 114 valence electrons. The lowest BCUT2D eigenvalue weighted by atomic mass is 9.77. The zero-order chi connectivity index (χ0) is 15.2. The van der Waals surface area contributed by atoms with Crippen LogP contribution in [0.2, 0.25) is 0 Å². The molecule has 0 aliphatic carbocycles. The van der Waals surface area contributed by atoms with E-state index < -0.39 is 21.1 Å². The van der Waals surface area contributed by atoms with Gasteiger partial charge in [-0.3, -0.25) is 0 Å². The van der Waals surface area contributed by atoms with Gasteiger partial charge in [0.25, 0.3) is 0 Å². The first-order chi connectivity index (χ1) is 9.40. The van der Waals surface area contributed by atoms with E-state index in [0.717, 1.165) is 0 Å². The molecule has 0 radical (unpaired) electrons. The van der Waals surface area contributed by atoms with Crippen LogP contribution in [0.3, 0.4) is 0 Å². The fourth-order valence-corrected chi connectivity index (χ4v) is 3.11. The molecule has 0 fully saturated rings. The van der Waals surface area contributed by atoms with Gasteiger partial charge in [0, 0.05) is 17.7 Å². The highest BCUT2D eigenvalue weighted by molar-refractivity contribution is 7.91. The van der Waals surface area contributed by atoms with Gasteiger partial charge in [-0.2, -0.15) is 0 Å². The Kier molecular flexibility index (Phi) is 6.10. The average Bonchev–Trinajstić information content (AvgIpc) is 2.45. The van der Waals surface area contributed by atoms with Gasteiger partial charge < -0.3 is 10.8 Å². The molecule has 0 spiro atoms. The van der Waals surface area contributed by atoms with Crippen molar-refractivity contribution in [3.63, 3.8) is 0 Å². The van der Waals surface area contributed by atoms with Gasteiger partial charge in [0.15, 0.2) is 0 Å². The number of benzene rings is 1. The van der Waals surface area contributed by atoms with Crippen LogP contribution < -0.4 is 5.73 Å². The Hall–Kier alpha value is -0.980. The second-order valence-electron chi connectivity index (χ2n) is 4.96. The van der Waals surface area contributed by atoms with Crippen LogP contribution in [-0.2, 0) is 15.3 Å². The smallest absolute Gasteiger partial charge is 0.150 e. The molecule has 3 N–H and O–H groups in total. The maximum Gasteiger partial charge on any atom is 0.150 e. The van der Waals surface area contributed by atoms with E-state index in [0.29, 0.717) is 18.4 Å². The number of aliphatic hydroxyl groups excluding tert-OH is 1. The summed E-state index contributed by atoms with van der Waals surface area (Å²) in [4.78, 5) is 0. The Morgan fingerprint density at radius 3 is 2.50 bits per heavy atom. The molecule has 1 atom stereocenters. The topological polar surface area (TPSA) is 80.4 Å². The highest BCUT2D eigenvalue weighted by Gasteiger charge is 2.32. The summed E-state index contributed by atoms with van der Waals surface area (Å²) < 4.78 is 36.9. The monoisotopic (exact) mass is 303 g/mol. The quantitative estimate of drug-likeness (QED) is 0.757. The van der Waals surface area contributed by atoms with E-state index in [4.69, 9.17) is 5.73 Å². The van der Waals surface area contributed by atoms with Crippen LogP contribution in [0.1, 0.15) is 25.3 Å². The third-order valence-corrected chi connectivity index (χ3v) is 5.48. The lowest BCUT2D eigenvalue weighted by Crippen LogP contribution is -2.40. The molecule has 0 bridgehead atoms. The fraction of sp³-hybridized carbons (Fsp3) is 0.571. The number of hydrogen-bond acceptors (Lipinski definition) is 4.